The van der Waals surface area contributed by atoms with Gasteiger partial charge < -0.3 is 5.84 Å². The van der Waals surface area contributed by atoms with Crippen molar-refractivity contribution in [2.24, 2.45) is 16.9 Å². The fraction of sp³-hybridized carbons (Fsp3) is 0.875. The van der Waals surface area contributed by atoms with Gasteiger partial charge in [0.25, 0.3) is 0 Å². The molecule has 0 spiro atoms. The normalized spacial score (nSPS) is 30.5. The van der Waals surface area contributed by atoms with E-state index in [0.717, 1.165) is 18.8 Å². The Bertz CT molecular complexity index is 163. The molecular formula is C8H17N3. The van der Waals surface area contributed by atoms with Gasteiger partial charge in [0.2, 0.25) is 0 Å². The summed E-state index contributed by atoms with van der Waals surface area (Å²) in [5, 5.41) is 3.78. The van der Waals surface area contributed by atoms with Gasteiger partial charge in [-0.3, -0.25) is 4.90 Å². The van der Waals surface area contributed by atoms with E-state index in [9.17, 15) is 0 Å². The van der Waals surface area contributed by atoms with Gasteiger partial charge in [-0.2, -0.15) is 5.10 Å². The summed E-state index contributed by atoms with van der Waals surface area (Å²) in [5.41, 5.74) is 1.14. The van der Waals surface area contributed by atoms with Crippen LogP contribution in [0, 0.1) is 5.92 Å². The van der Waals surface area contributed by atoms with Crippen molar-refractivity contribution in [3.8, 4) is 0 Å². The summed E-state index contributed by atoms with van der Waals surface area (Å²) >= 11 is 0. The predicted molar refractivity (Wildman–Crippen MR) is 47.5 cm³/mol. The first kappa shape index (κ1) is 8.53. The average Bonchev–Trinajstić information content (AvgIpc) is 2.31. The van der Waals surface area contributed by atoms with Gasteiger partial charge >= 0.3 is 0 Å². The van der Waals surface area contributed by atoms with E-state index in [4.69, 9.17) is 5.84 Å². The fourth-order valence-electron chi connectivity index (χ4n) is 1.45. The zero-order valence-corrected chi connectivity index (χ0v) is 7.54. The van der Waals surface area contributed by atoms with Crippen LogP contribution in [-0.2, 0) is 0 Å². The van der Waals surface area contributed by atoms with Crippen molar-refractivity contribution in [1.82, 2.24) is 4.90 Å². The molecule has 0 amide bonds. The Morgan fingerprint density at radius 1 is 1.64 bits per heavy atom. The zero-order chi connectivity index (χ0) is 8.43. The topological polar surface area (TPSA) is 41.6 Å². The van der Waals surface area contributed by atoms with Crippen LogP contribution in [0.15, 0.2) is 5.10 Å². The van der Waals surface area contributed by atoms with Crippen LogP contribution >= 0.6 is 0 Å². The molecule has 2 N–H and O–H groups in total. The molecular weight excluding hydrogens is 138 g/mol. The van der Waals surface area contributed by atoms with Crippen molar-refractivity contribution in [2.45, 2.75) is 26.8 Å². The molecule has 1 rings (SSSR count). The Kier molecular flexibility index (Phi) is 2.49. The summed E-state index contributed by atoms with van der Waals surface area (Å²) in [6.45, 7) is 8.63. The van der Waals surface area contributed by atoms with Crippen molar-refractivity contribution in [3.63, 3.8) is 0 Å². The molecule has 64 valence electrons. The minimum Gasteiger partial charge on any atom is -0.323 e. The van der Waals surface area contributed by atoms with E-state index in [1.807, 2.05) is 0 Å². The number of hydrazone groups is 1. The van der Waals surface area contributed by atoms with Crippen LogP contribution in [-0.4, -0.2) is 29.7 Å². The van der Waals surface area contributed by atoms with Crippen molar-refractivity contribution < 1.29 is 0 Å². The highest BCUT2D eigenvalue weighted by Gasteiger charge is 2.26. The summed E-state index contributed by atoms with van der Waals surface area (Å²) in [7, 11) is 0. The number of hydrogen-bond donors (Lipinski definition) is 1. The summed E-state index contributed by atoms with van der Waals surface area (Å²) in [6, 6.07) is 0.608. The second kappa shape index (κ2) is 3.22. The van der Waals surface area contributed by atoms with E-state index in [1.54, 1.807) is 0 Å². The molecule has 0 aromatic heterocycles. The predicted octanol–water partition coefficient (Wildman–Crippen LogP) is 0.661. The number of rotatable bonds is 1. The summed E-state index contributed by atoms with van der Waals surface area (Å²) in [6.07, 6.45) is 0. The molecule has 1 fully saturated rings. The third-order valence-electron chi connectivity index (χ3n) is 2.34. The number of nitrogens with two attached hydrogens (primary N) is 1. The standard InChI is InChI=1S/C8H17N3/c1-6(2)11-4-7(3)8(5-11)10-9/h6-7H,4-5,9H2,1-3H3/b10-8-. The van der Waals surface area contributed by atoms with Gasteiger partial charge in [0.15, 0.2) is 0 Å². The second-order valence-corrected chi connectivity index (χ2v) is 3.54. The first-order valence-corrected chi connectivity index (χ1v) is 4.15. The van der Waals surface area contributed by atoms with Crippen molar-refractivity contribution in [3.05, 3.63) is 0 Å². The van der Waals surface area contributed by atoms with E-state index in [1.165, 1.54) is 0 Å². The molecule has 1 saturated heterocycles. The Morgan fingerprint density at radius 2 is 2.27 bits per heavy atom. The van der Waals surface area contributed by atoms with Crippen LogP contribution in [0.1, 0.15) is 20.8 Å². The Labute approximate surface area is 68.3 Å². The molecule has 0 aromatic carbocycles. The molecule has 0 saturated carbocycles. The first-order valence-electron chi connectivity index (χ1n) is 4.15. The van der Waals surface area contributed by atoms with Crippen LogP contribution in [0.2, 0.25) is 0 Å². The molecule has 0 aromatic rings. The van der Waals surface area contributed by atoms with E-state index >= 15 is 0 Å². The van der Waals surface area contributed by atoms with Crippen molar-refractivity contribution >= 4 is 5.71 Å². The lowest BCUT2D eigenvalue weighted by atomic mass is 10.1. The minimum atomic E-state index is 0.544. The third kappa shape index (κ3) is 1.71. The SMILES string of the molecule is CC1CN(C(C)C)C/C1=N/N. The zero-order valence-electron chi connectivity index (χ0n) is 7.54. The molecule has 1 aliphatic heterocycles. The third-order valence-corrected chi connectivity index (χ3v) is 2.34. The second-order valence-electron chi connectivity index (χ2n) is 3.54. The number of likely N-dealkylation sites (tertiary alicyclic amines) is 1. The highest BCUT2D eigenvalue weighted by atomic mass is 15.2. The fourth-order valence-corrected chi connectivity index (χ4v) is 1.45. The lowest BCUT2D eigenvalue weighted by Gasteiger charge is -2.18. The summed E-state index contributed by atoms with van der Waals surface area (Å²) in [5.74, 6) is 5.79. The van der Waals surface area contributed by atoms with Crippen LogP contribution in [0.3, 0.4) is 0 Å². The van der Waals surface area contributed by atoms with E-state index in [2.05, 4.69) is 30.8 Å². The van der Waals surface area contributed by atoms with E-state index in [-0.39, 0.29) is 0 Å². The van der Waals surface area contributed by atoms with Gasteiger partial charge in [-0.25, -0.2) is 0 Å². The quantitative estimate of drug-likeness (QED) is 0.446. The Morgan fingerprint density at radius 3 is 2.55 bits per heavy atom. The molecule has 0 radical (unpaired) electrons. The maximum Gasteiger partial charge on any atom is 0.0556 e. The maximum absolute atomic E-state index is 5.25. The molecule has 1 atom stereocenters. The number of hydrogen-bond acceptors (Lipinski definition) is 3. The van der Waals surface area contributed by atoms with Gasteiger partial charge in [0.05, 0.1) is 5.71 Å². The van der Waals surface area contributed by atoms with Crippen LogP contribution in [0.4, 0.5) is 0 Å². The molecule has 11 heavy (non-hydrogen) atoms. The average molecular weight is 155 g/mol. The van der Waals surface area contributed by atoms with Gasteiger partial charge in [-0.1, -0.05) is 6.92 Å². The van der Waals surface area contributed by atoms with Gasteiger partial charge in [0, 0.05) is 25.0 Å². The molecule has 1 aliphatic rings. The van der Waals surface area contributed by atoms with Crippen LogP contribution in [0.25, 0.3) is 0 Å². The summed E-state index contributed by atoms with van der Waals surface area (Å²) in [4.78, 5) is 2.39. The molecule has 3 nitrogen and oxygen atoms in total. The first-order chi connectivity index (χ1) is 5.15. The lowest BCUT2D eigenvalue weighted by molar-refractivity contribution is 0.270. The van der Waals surface area contributed by atoms with Gasteiger partial charge in [-0.05, 0) is 13.8 Å². The molecule has 0 bridgehead atoms. The monoisotopic (exact) mass is 155 g/mol. The van der Waals surface area contributed by atoms with Crippen molar-refractivity contribution in [1.29, 1.82) is 0 Å². The molecule has 1 heterocycles. The van der Waals surface area contributed by atoms with Gasteiger partial charge in [0.1, 0.15) is 0 Å². The smallest absolute Gasteiger partial charge is 0.0556 e. The van der Waals surface area contributed by atoms with E-state index < -0.39 is 0 Å². The Balaban J connectivity index is 2.57. The molecule has 0 aliphatic carbocycles. The summed E-state index contributed by atoms with van der Waals surface area (Å²) < 4.78 is 0. The number of nitrogens with zero attached hydrogens (tertiary/aromatic N) is 2. The lowest BCUT2D eigenvalue weighted by Crippen LogP contribution is -2.28. The Hall–Kier alpha value is -0.570. The molecule has 1 unspecified atom stereocenters. The highest BCUT2D eigenvalue weighted by Crippen LogP contribution is 2.14. The minimum absolute atomic E-state index is 0.544. The van der Waals surface area contributed by atoms with Crippen molar-refractivity contribution in [2.75, 3.05) is 13.1 Å². The van der Waals surface area contributed by atoms with Crippen LogP contribution in [0.5, 0.6) is 0 Å². The van der Waals surface area contributed by atoms with Gasteiger partial charge in [-0.15, -0.1) is 0 Å². The highest BCUT2D eigenvalue weighted by molar-refractivity contribution is 5.90. The largest absolute Gasteiger partial charge is 0.323 e. The van der Waals surface area contributed by atoms with E-state index in [0.29, 0.717) is 12.0 Å². The maximum atomic E-state index is 5.25. The molecule has 3 heteroatoms. The van der Waals surface area contributed by atoms with Crippen LogP contribution < -0.4 is 5.84 Å².